The minimum atomic E-state index is -1.82. The number of carboxylic acid groups (broad SMARTS) is 1. The Morgan fingerprint density at radius 2 is 0.951 bits per heavy atom. The molecular weight excluding hydrogens is 1070 g/mol. The molecule has 0 spiro atoms. The summed E-state index contributed by atoms with van der Waals surface area (Å²) in [5, 5.41) is 40.8. The van der Waals surface area contributed by atoms with E-state index in [9.17, 15) is 67.7 Å². The zero-order valence-corrected chi connectivity index (χ0v) is 47.3. The molecule has 1 aromatic heterocycles. The van der Waals surface area contributed by atoms with Gasteiger partial charge in [-0.05, 0) is 79.7 Å². The molecule has 2 aromatic carbocycles. The lowest BCUT2D eigenvalue weighted by atomic mass is 9.98. The van der Waals surface area contributed by atoms with Crippen molar-refractivity contribution in [1.82, 2.24) is 47.5 Å². The van der Waals surface area contributed by atoms with E-state index in [2.05, 4.69) is 47.5 Å². The van der Waals surface area contributed by atoms with Crippen molar-refractivity contribution in [2.24, 2.45) is 40.7 Å². The third-order valence-electron chi connectivity index (χ3n) is 13.4. The first-order valence-corrected chi connectivity index (χ1v) is 27.1. The molecule has 27 heteroatoms. The number of H-pyrrole nitrogens is 1. The largest absolute Gasteiger partial charge is 0.508 e. The minimum Gasteiger partial charge on any atom is -0.508 e. The van der Waals surface area contributed by atoms with E-state index in [4.69, 9.17) is 22.9 Å². The summed E-state index contributed by atoms with van der Waals surface area (Å²) in [7, 11) is 0. The number of carbonyl (C=O) groups is 12. The maximum atomic E-state index is 14.5. The molecule has 450 valence electrons. The van der Waals surface area contributed by atoms with Gasteiger partial charge in [0, 0.05) is 42.8 Å². The van der Waals surface area contributed by atoms with Crippen LogP contribution in [0.3, 0.4) is 0 Å². The summed E-state index contributed by atoms with van der Waals surface area (Å²) < 4.78 is 0. The number of primary amides is 3. The number of hydrogen-bond acceptors (Lipinski definition) is 14. The zero-order chi connectivity index (χ0) is 61.5. The molecule has 0 saturated carbocycles. The second kappa shape index (κ2) is 32.6. The van der Waals surface area contributed by atoms with Gasteiger partial charge in [-0.1, -0.05) is 78.3 Å². The van der Waals surface area contributed by atoms with E-state index in [0.29, 0.717) is 28.5 Å². The van der Waals surface area contributed by atoms with Gasteiger partial charge in [-0.25, -0.2) is 4.79 Å². The molecule has 0 bridgehead atoms. The van der Waals surface area contributed by atoms with Gasteiger partial charge in [0.1, 0.15) is 54.1 Å². The fraction of sp³-hybridized carbons (Fsp3) is 0.527. The van der Waals surface area contributed by atoms with E-state index in [1.807, 2.05) is 6.92 Å². The Balaban J connectivity index is 1.92. The van der Waals surface area contributed by atoms with Crippen molar-refractivity contribution in [2.45, 2.75) is 167 Å². The predicted molar refractivity (Wildman–Crippen MR) is 300 cm³/mol. The highest BCUT2D eigenvalue weighted by atomic mass is 16.4. The standard InChI is InChI=1S/C55H81N13O14/c1-8-29(6)46(59)54(80)61-30(7)47(73)64-38(21-27(2)3)51(77)66-40(23-31-13-15-33(69)16-14-31)52(78)65-39(22-28(4)5)50(76)63-36(17-19-43(56)70)48(74)62-37(18-20-44(57)71)49(75)67-41(25-45(58)72)53(79)68-42(55(81)82)24-32-26-60-35-12-10-9-11-34(32)35/h9-16,26-30,36-42,46,60,69H,8,17-25,59H2,1-7H3,(H2,56,70)(H2,57,71)(H2,58,72)(H,61,80)(H,62,74)(H,63,76)(H,64,73)(H,65,78)(H,66,77)(H,67,75)(H,68,79)(H,81,82). The SMILES string of the molecule is CCC(C)C(N)C(=O)NC(C)C(=O)NC(CC(C)C)C(=O)NC(Cc1ccc(O)cc1)C(=O)NC(CC(C)C)C(=O)NC(CCC(N)=O)C(=O)NC(CCC(N)=O)C(=O)NC(CC(N)=O)C(=O)NC(Cc1c[nH]c2ccccc12)C(=O)O. The van der Waals surface area contributed by atoms with Gasteiger partial charge in [0.05, 0.1) is 12.5 Å². The molecule has 3 aromatic rings. The third kappa shape index (κ3) is 22.5. The van der Waals surface area contributed by atoms with Crippen LogP contribution in [-0.4, -0.2) is 141 Å². The molecule has 0 fully saturated rings. The molecule has 0 radical (unpaired) electrons. The van der Waals surface area contributed by atoms with Crippen molar-refractivity contribution in [3.8, 4) is 5.75 Å². The quantitative estimate of drug-likeness (QED) is 0.0319. The molecule has 19 N–H and O–H groups in total. The summed E-state index contributed by atoms with van der Waals surface area (Å²) in [6, 6.07) is -0.309. The number of phenols is 1. The molecule has 11 amide bonds. The van der Waals surface area contributed by atoms with Crippen molar-refractivity contribution in [3.63, 3.8) is 0 Å². The van der Waals surface area contributed by atoms with Gasteiger partial charge >= 0.3 is 5.97 Å². The Bertz CT molecular complexity index is 2750. The number of fused-ring (bicyclic) bond motifs is 1. The van der Waals surface area contributed by atoms with Crippen LogP contribution in [0.4, 0.5) is 0 Å². The van der Waals surface area contributed by atoms with Gasteiger partial charge in [-0.15, -0.1) is 0 Å². The second-order valence-electron chi connectivity index (χ2n) is 21.3. The van der Waals surface area contributed by atoms with Crippen LogP contribution in [0.25, 0.3) is 10.9 Å². The lowest BCUT2D eigenvalue weighted by molar-refractivity contribution is -0.142. The number of nitrogens with two attached hydrogens (primary N) is 4. The summed E-state index contributed by atoms with van der Waals surface area (Å²) in [5.41, 5.74) is 24.0. The van der Waals surface area contributed by atoms with Crippen LogP contribution >= 0.6 is 0 Å². The van der Waals surface area contributed by atoms with E-state index in [-0.39, 0.29) is 49.2 Å². The van der Waals surface area contributed by atoms with Crippen molar-refractivity contribution in [2.75, 3.05) is 0 Å². The molecule has 0 aliphatic rings. The molecule has 10 unspecified atom stereocenters. The third-order valence-corrected chi connectivity index (χ3v) is 13.4. The number of aromatic nitrogens is 1. The first-order chi connectivity index (χ1) is 38.5. The number of nitrogens with one attached hydrogen (secondary N) is 9. The molecule has 27 nitrogen and oxygen atoms in total. The summed E-state index contributed by atoms with van der Waals surface area (Å²) in [6.45, 7) is 12.1. The molecule has 1 heterocycles. The number of hydrogen-bond donors (Lipinski definition) is 15. The summed E-state index contributed by atoms with van der Waals surface area (Å²) >= 11 is 0. The van der Waals surface area contributed by atoms with Crippen LogP contribution in [0.5, 0.6) is 5.75 Å². The predicted octanol–water partition coefficient (Wildman–Crippen LogP) is -1.49. The average Bonchev–Trinajstić information content (AvgIpc) is 3.96. The molecule has 0 saturated heterocycles. The van der Waals surface area contributed by atoms with Gasteiger partial charge in [-0.3, -0.25) is 52.7 Å². The van der Waals surface area contributed by atoms with Crippen molar-refractivity contribution < 1.29 is 67.7 Å². The number of aromatic hydroxyl groups is 1. The summed E-state index contributed by atoms with van der Waals surface area (Å²) in [5.74, 6) is -12.6. The second-order valence-corrected chi connectivity index (χ2v) is 21.3. The topological polar surface area (TPSA) is 461 Å². The fourth-order valence-electron chi connectivity index (χ4n) is 8.54. The Hall–Kier alpha value is -8.62. The first kappa shape index (κ1) is 67.7. The van der Waals surface area contributed by atoms with Crippen molar-refractivity contribution >= 4 is 81.9 Å². The number of rotatable bonds is 35. The van der Waals surface area contributed by atoms with Crippen LogP contribution in [0.2, 0.25) is 0 Å². The average molecular weight is 1150 g/mol. The molecule has 0 aliphatic heterocycles. The molecule has 3 rings (SSSR count). The number of phenolic OH excluding ortho intramolecular Hbond substituents is 1. The van der Waals surface area contributed by atoms with Crippen LogP contribution in [0, 0.1) is 17.8 Å². The van der Waals surface area contributed by atoms with Gasteiger partial charge in [0.2, 0.25) is 65.0 Å². The van der Waals surface area contributed by atoms with Crippen molar-refractivity contribution in [1.29, 1.82) is 0 Å². The van der Waals surface area contributed by atoms with Crippen molar-refractivity contribution in [3.05, 3.63) is 65.9 Å². The van der Waals surface area contributed by atoms with E-state index >= 15 is 0 Å². The maximum Gasteiger partial charge on any atom is 0.326 e. The van der Waals surface area contributed by atoms with Gasteiger partial charge in [0.15, 0.2) is 0 Å². The van der Waals surface area contributed by atoms with Crippen LogP contribution in [0.1, 0.15) is 111 Å². The Morgan fingerprint density at radius 3 is 1.44 bits per heavy atom. The van der Waals surface area contributed by atoms with E-state index < -0.39 is 157 Å². The number of para-hydroxylation sites is 1. The molecular formula is C55H81N13O14. The smallest absolute Gasteiger partial charge is 0.326 e. The minimum absolute atomic E-state index is 0.0740. The highest BCUT2D eigenvalue weighted by Crippen LogP contribution is 2.20. The van der Waals surface area contributed by atoms with Crippen LogP contribution in [-0.2, 0) is 70.4 Å². The Morgan fingerprint density at radius 1 is 0.512 bits per heavy atom. The van der Waals surface area contributed by atoms with Gasteiger partial charge < -0.3 is 80.7 Å². The molecule has 0 aliphatic carbocycles. The fourth-order valence-corrected chi connectivity index (χ4v) is 8.54. The number of benzene rings is 2. The highest BCUT2D eigenvalue weighted by Gasteiger charge is 2.36. The lowest BCUT2D eigenvalue weighted by Gasteiger charge is -2.29. The summed E-state index contributed by atoms with van der Waals surface area (Å²) in [6.07, 6.45) is -1.14. The normalized spacial score (nSPS) is 14.9. The zero-order valence-electron chi connectivity index (χ0n) is 47.3. The first-order valence-electron chi connectivity index (χ1n) is 27.1. The lowest BCUT2D eigenvalue weighted by Crippen LogP contribution is -2.61. The number of aromatic amines is 1. The van der Waals surface area contributed by atoms with Crippen LogP contribution < -0.4 is 65.5 Å². The monoisotopic (exact) mass is 1150 g/mol. The Labute approximate surface area is 475 Å². The highest BCUT2D eigenvalue weighted by molar-refractivity contribution is 5.99. The Kier molecular flexibility index (Phi) is 26.9. The van der Waals surface area contributed by atoms with E-state index in [0.717, 1.165) is 0 Å². The van der Waals surface area contributed by atoms with E-state index in [1.165, 1.54) is 31.2 Å². The number of aliphatic carboxylic acids is 1. The number of carbonyl (C=O) groups excluding carboxylic acids is 11. The molecule has 82 heavy (non-hydrogen) atoms. The van der Waals surface area contributed by atoms with E-state index in [1.54, 1.807) is 65.1 Å². The van der Waals surface area contributed by atoms with Crippen LogP contribution in [0.15, 0.2) is 54.7 Å². The number of carboxylic acids is 1. The number of amides is 11. The maximum absolute atomic E-state index is 14.5. The molecule has 10 atom stereocenters. The van der Waals surface area contributed by atoms with Gasteiger partial charge in [-0.2, -0.15) is 0 Å². The van der Waals surface area contributed by atoms with Gasteiger partial charge in [0.25, 0.3) is 0 Å². The summed E-state index contributed by atoms with van der Waals surface area (Å²) in [4.78, 5) is 163.